The molecule has 0 spiro atoms. The largest absolute Gasteiger partial charge is 0.395 e. The van der Waals surface area contributed by atoms with Gasteiger partial charge in [0.1, 0.15) is 0 Å². The number of Topliss-reactive ketones (excluding diaryl/α,β-unsaturated/α-hetero) is 1. The molecule has 0 amide bonds. The fourth-order valence-electron chi connectivity index (χ4n) is 1.65. The summed E-state index contributed by atoms with van der Waals surface area (Å²) in [6.07, 6.45) is 1.87. The Morgan fingerprint density at radius 3 is 2.29 bits per heavy atom. The Balaban J connectivity index is 2.20. The van der Waals surface area contributed by atoms with Crippen molar-refractivity contribution in [2.75, 3.05) is 12.4 Å². The van der Waals surface area contributed by atoms with Gasteiger partial charge in [-0.15, -0.1) is 0 Å². The average Bonchev–Trinajstić information content (AvgIpc) is 3.12. The molecule has 0 aromatic heterocycles. The van der Waals surface area contributed by atoms with Gasteiger partial charge in [0.05, 0.1) is 17.3 Å². The summed E-state index contributed by atoms with van der Waals surface area (Å²) in [6.45, 7) is -0.398. The standard InChI is InChI=1S/C12H14O4S/c13-7-8-17(15,16)11-5-3-10(4-6-11)12(14)9-1-2-9/h3-6,9,13H,1-2,7-8H2. The van der Waals surface area contributed by atoms with Crippen molar-refractivity contribution in [3.8, 4) is 0 Å². The second kappa shape index (κ2) is 4.58. The van der Waals surface area contributed by atoms with Gasteiger partial charge in [-0.2, -0.15) is 0 Å². The van der Waals surface area contributed by atoms with Crippen molar-refractivity contribution in [2.45, 2.75) is 17.7 Å². The van der Waals surface area contributed by atoms with Crippen molar-refractivity contribution >= 4 is 15.6 Å². The van der Waals surface area contributed by atoms with Crippen LogP contribution in [0.4, 0.5) is 0 Å². The number of hydrogen-bond acceptors (Lipinski definition) is 4. The predicted octanol–water partition coefficient (Wildman–Crippen LogP) is 1.05. The van der Waals surface area contributed by atoms with Crippen LogP contribution in [0, 0.1) is 5.92 Å². The monoisotopic (exact) mass is 254 g/mol. The van der Waals surface area contributed by atoms with Crippen LogP contribution >= 0.6 is 0 Å². The van der Waals surface area contributed by atoms with E-state index in [9.17, 15) is 13.2 Å². The number of ketones is 1. The first-order valence-corrected chi connectivity index (χ1v) is 7.18. The van der Waals surface area contributed by atoms with Crippen LogP contribution in [-0.2, 0) is 9.84 Å². The first kappa shape index (κ1) is 12.3. The lowest BCUT2D eigenvalue weighted by molar-refractivity contribution is 0.0967. The van der Waals surface area contributed by atoms with Crippen LogP contribution in [0.2, 0.25) is 0 Å². The molecule has 0 saturated heterocycles. The Hall–Kier alpha value is -1.20. The van der Waals surface area contributed by atoms with Crippen molar-refractivity contribution in [2.24, 2.45) is 5.92 Å². The molecular weight excluding hydrogens is 240 g/mol. The third-order valence-corrected chi connectivity index (χ3v) is 4.52. The number of carbonyl (C=O) groups excluding carboxylic acids is 1. The third-order valence-electron chi connectivity index (χ3n) is 2.81. The molecule has 1 aromatic rings. The summed E-state index contributed by atoms with van der Waals surface area (Å²) >= 11 is 0. The van der Waals surface area contributed by atoms with Crippen molar-refractivity contribution in [1.29, 1.82) is 0 Å². The molecule has 0 unspecified atom stereocenters. The smallest absolute Gasteiger partial charge is 0.180 e. The summed E-state index contributed by atoms with van der Waals surface area (Å²) in [6, 6.07) is 5.96. The minimum absolute atomic E-state index is 0.0936. The summed E-state index contributed by atoms with van der Waals surface area (Å²) in [7, 11) is -3.42. The molecule has 0 bridgehead atoms. The Labute approximate surface area is 100 Å². The zero-order valence-corrected chi connectivity index (χ0v) is 10.1. The average molecular weight is 254 g/mol. The van der Waals surface area contributed by atoms with Gasteiger partial charge < -0.3 is 5.11 Å². The highest BCUT2D eigenvalue weighted by atomic mass is 32.2. The van der Waals surface area contributed by atoms with E-state index in [1.165, 1.54) is 12.1 Å². The molecule has 1 N–H and O–H groups in total. The minimum Gasteiger partial charge on any atom is -0.395 e. The van der Waals surface area contributed by atoms with E-state index in [0.29, 0.717) is 5.56 Å². The van der Waals surface area contributed by atoms with Gasteiger partial charge >= 0.3 is 0 Å². The second-order valence-electron chi connectivity index (χ2n) is 4.21. The molecule has 0 atom stereocenters. The van der Waals surface area contributed by atoms with Gasteiger partial charge in [-0.05, 0) is 25.0 Å². The molecule has 0 aliphatic heterocycles. The van der Waals surface area contributed by atoms with Crippen LogP contribution in [0.1, 0.15) is 23.2 Å². The number of benzene rings is 1. The Morgan fingerprint density at radius 2 is 1.82 bits per heavy atom. The number of aliphatic hydroxyl groups excluding tert-OH is 1. The van der Waals surface area contributed by atoms with E-state index in [4.69, 9.17) is 5.11 Å². The molecule has 0 radical (unpaired) electrons. The normalized spacial score (nSPS) is 15.8. The van der Waals surface area contributed by atoms with Gasteiger partial charge in [0.2, 0.25) is 0 Å². The molecule has 1 aromatic carbocycles. The number of carbonyl (C=O) groups is 1. The van der Waals surface area contributed by atoms with Crippen LogP contribution in [0.5, 0.6) is 0 Å². The van der Waals surface area contributed by atoms with Crippen LogP contribution in [0.3, 0.4) is 0 Å². The molecule has 92 valence electrons. The highest BCUT2D eigenvalue weighted by Gasteiger charge is 2.30. The van der Waals surface area contributed by atoms with Gasteiger partial charge in [0.15, 0.2) is 15.6 Å². The lowest BCUT2D eigenvalue weighted by atomic mass is 10.1. The fourth-order valence-corrected chi connectivity index (χ4v) is 2.67. The van der Waals surface area contributed by atoms with E-state index in [1.54, 1.807) is 12.1 Å². The quantitative estimate of drug-likeness (QED) is 0.797. The highest BCUT2D eigenvalue weighted by molar-refractivity contribution is 7.91. The summed E-state index contributed by atoms with van der Waals surface area (Å²) < 4.78 is 23.2. The topological polar surface area (TPSA) is 71.4 Å². The lowest BCUT2D eigenvalue weighted by Gasteiger charge is -2.03. The maximum absolute atomic E-state index is 11.7. The second-order valence-corrected chi connectivity index (χ2v) is 6.31. The molecule has 1 saturated carbocycles. The molecule has 4 nitrogen and oxygen atoms in total. The molecule has 1 aliphatic carbocycles. The van der Waals surface area contributed by atoms with Gasteiger partial charge in [0.25, 0.3) is 0 Å². The van der Waals surface area contributed by atoms with E-state index in [2.05, 4.69) is 0 Å². The van der Waals surface area contributed by atoms with Crippen LogP contribution < -0.4 is 0 Å². The van der Waals surface area contributed by atoms with Gasteiger partial charge in [-0.3, -0.25) is 4.79 Å². The van der Waals surface area contributed by atoms with E-state index < -0.39 is 16.4 Å². The van der Waals surface area contributed by atoms with Crippen LogP contribution in [-0.4, -0.2) is 31.7 Å². The Bertz CT molecular complexity index is 512. The van der Waals surface area contributed by atoms with Gasteiger partial charge in [-0.1, -0.05) is 12.1 Å². The number of sulfone groups is 1. The number of rotatable bonds is 5. The van der Waals surface area contributed by atoms with Crippen LogP contribution in [0.15, 0.2) is 29.2 Å². The summed E-state index contributed by atoms with van der Waals surface area (Å²) in [5.41, 5.74) is 0.565. The fraction of sp³-hybridized carbons (Fsp3) is 0.417. The molecule has 17 heavy (non-hydrogen) atoms. The number of aliphatic hydroxyl groups is 1. The van der Waals surface area contributed by atoms with E-state index in [0.717, 1.165) is 12.8 Å². The zero-order valence-electron chi connectivity index (χ0n) is 9.30. The van der Waals surface area contributed by atoms with Gasteiger partial charge in [-0.25, -0.2) is 8.42 Å². The van der Waals surface area contributed by atoms with E-state index >= 15 is 0 Å². The van der Waals surface area contributed by atoms with E-state index in [-0.39, 0.29) is 22.3 Å². The maximum Gasteiger partial charge on any atom is 0.180 e. The van der Waals surface area contributed by atoms with Crippen molar-refractivity contribution in [1.82, 2.24) is 0 Å². The molecular formula is C12H14O4S. The third kappa shape index (κ3) is 2.73. The van der Waals surface area contributed by atoms with Crippen molar-refractivity contribution in [3.05, 3.63) is 29.8 Å². The minimum atomic E-state index is -3.42. The molecule has 1 aliphatic rings. The summed E-state index contributed by atoms with van der Waals surface area (Å²) in [5.74, 6) is -0.0610. The molecule has 1 fully saturated rings. The predicted molar refractivity (Wildman–Crippen MR) is 62.6 cm³/mol. The zero-order chi connectivity index (χ0) is 12.5. The van der Waals surface area contributed by atoms with Crippen molar-refractivity contribution < 1.29 is 18.3 Å². The first-order valence-electron chi connectivity index (χ1n) is 5.52. The summed E-state index contributed by atoms with van der Waals surface area (Å²) in [4.78, 5) is 11.9. The SMILES string of the molecule is O=C(c1ccc(S(=O)(=O)CCO)cc1)C1CC1. The highest BCUT2D eigenvalue weighted by Crippen LogP contribution is 2.32. The lowest BCUT2D eigenvalue weighted by Crippen LogP contribution is -2.10. The molecule has 0 heterocycles. The maximum atomic E-state index is 11.7. The Kier molecular flexibility index (Phi) is 3.31. The first-order chi connectivity index (χ1) is 8.04. The summed E-state index contributed by atoms with van der Waals surface area (Å²) in [5, 5.41) is 8.65. The van der Waals surface area contributed by atoms with Crippen LogP contribution in [0.25, 0.3) is 0 Å². The van der Waals surface area contributed by atoms with E-state index in [1.807, 2.05) is 0 Å². The number of hydrogen-bond donors (Lipinski definition) is 1. The molecule has 5 heteroatoms. The van der Waals surface area contributed by atoms with Crippen molar-refractivity contribution in [3.63, 3.8) is 0 Å². The van der Waals surface area contributed by atoms with Gasteiger partial charge in [0, 0.05) is 11.5 Å². The molecule has 2 rings (SSSR count). The Morgan fingerprint density at radius 1 is 1.24 bits per heavy atom.